The first-order chi connectivity index (χ1) is 12.4. The molecule has 1 aromatic carbocycles. The number of carbonyl (C=O) groups is 1. The van der Waals surface area contributed by atoms with Crippen molar-refractivity contribution in [1.82, 2.24) is 20.9 Å². The van der Waals surface area contributed by atoms with Crippen LogP contribution in [-0.2, 0) is 11.3 Å². The fourth-order valence-electron chi connectivity index (χ4n) is 2.22. The highest BCUT2D eigenvalue weighted by Gasteiger charge is 2.13. The number of nitrogens with zero attached hydrogens (tertiary/aromatic N) is 2. The predicted octanol–water partition coefficient (Wildman–Crippen LogP) is 2.78. The minimum Gasteiger partial charge on any atom is -0.357 e. The quantitative estimate of drug-likeness (QED) is 0.537. The Kier molecular flexibility index (Phi) is 7.15. The maximum absolute atomic E-state index is 11.9. The molecule has 0 aliphatic heterocycles. The van der Waals surface area contributed by atoms with E-state index in [4.69, 9.17) is 0 Å². The van der Waals surface area contributed by atoms with Crippen LogP contribution in [-0.4, -0.2) is 35.5 Å². The van der Waals surface area contributed by atoms with Crippen molar-refractivity contribution in [3.05, 3.63) is 41.4 Å². The molecule has 0 saturated carbocycles. The summed E-state index contributed by atoms with van der Waals surface area (Å²) in [5.41, 5.74) is 1.77. The molecule has 1 heterocycles. The fourth-order valence-corrected chi connectivity index (χ4v) is 3.04. The lowest BCUT2D eigenvalue weighted by Crippen LogP contribution is -2.48. The molecular formula is C19H27N5OS. The highest BCUT2D eigenvalue weighted by Crippen LogP contribution is 2.23. The van der Waals surface area contributed by atoms with Crippen LogP contribution in [0.5, 0.6) is 0 Å². The normalized spacial score (nSPS) is 11.9. The predicted molar refractivity (Wildman–Crippen MR) is 108 cm³/mol. The van der Waals surface area contributed by atoms with Gasteiger partial charge in [0.05, 0.1) is 18.8 Å². The van der Waals surface area contributed by atoms with E-state index >= 15 is 0 Å². The van der Waals surface area contributed by atoms with Crippen molar-refractivity contribution in [2.75, 3.05) is 13.1 Å². The molecule has 1 aromatic heterocycles. The SMILES string of the molecule is CCNC(=NCc1csc(-c2ccccc2)n1)NCC(=O)NC(C)(C)C. The molecule has 3 N–H and O–H groups in total. The molecule has 26 heavy (non-hydrogen) atoms. The second-order valence-electron chi connectivity index (χ2n) is 6.86. The Morgan fingerprint density at radius 2 is 1.92 bits per heavy atom. The van der Waals surface area contributed by atoms with E-state index in [0.717, 1.165) is 22.8 Å². The Morgan fingerprint density at radius 1 is 1.19 bits per heavy atom. The van der Waals surface area contributed by atoms with Crippen LogP contribution in [0.2, 0.25) is 0 Å². The van der Waals surface area contributed by atoms with Crippen molar-refractivity contribution in [1.29, 1.82) is 0 Å². The zero-order valence-corrected chi connectivity index (χ0v) is 16.6. The number of benzene rings is 1. The summed E-state index contributed by atoms with van der Waals surface area (Å²) >= 11 is 1.61. The molecule has 2 rings (SSSR count). The van der Waals surface area contributed by atoms with Crippen molar-refractivity contribution in [2.45, 2.75) is 39.8 Å². The number of amides is 1. The molecule has 0 radical (unpaired) electrons. The van der Waals surface area contributed by atoms with Crippen molar-refractivity contribution in [3.8, 4) is 10.6 Å². The molecule has 0 unspecified atom stereocenters. The molecular weight excluding hydrogens is 346 g/mol. The number of carbonyl (C=O) groups excluding carboxylic acids is 1. The molecule has 0 bridgehead atoms. The van der Waals surface area contributed by atoms with Gasteiger partial charge in [0.1, 0.15) is 5.01 Å². The van der Waals surface area contributed by atoms with Crippen molar-refractivity contribution < 1.29 is 4.79 Å². The molecule has 0 aliphatic rings. The third-order valence-corrected chi connectivity index (χ3v) is 4.19. The van der Waals surface area contributed by atoms with E-state index in [9.17, 15) is 4.79 Å². The topological polar surface area (TPSA) is 78.4 Å². The van der Waals surface area contributed by atoms with Gasteiger partial charge in [-0.1, -0.05) is 30.3 Å². The van der Waals surface area contributed by atoms with Crippen LogP contribution in [0.15, 0.2) is 40.7 Å². The summed E-state index contributed by atoms with van der Waals surface area (Å²) in [5.74, 6) is 0.536. The lowest BCUT2D eigenvalue weighted by molar-refractivity contribution is -0.121. The number of aromatic nitrogens is 1. The van der Waals surface area contributed by atoms with Crippen molar-refractivity contribution in [2.24, 2.45) is 4.99 Å². The monoisotopic (exact) mass is 373 g/mol. The first-order valence-electron chi connectivity index (χ1n) is 8.70. The van der Waals surface area contributed by atoms with Gasteiger partial charge in [0.25, 0.3) is 0 Å². The van der Waals surface area contributed by atoms with E-state index in [2.05, 4.69) is 25.9 Å². The zero-order chi connectivity index (χ0) is 19.0. The van der Waals surface area contributed by atoms with Crippen LogP contribution in [0.1, 0.15) is 33.4 Å². The highest BCUT2D eigenvalue weighted by molar-refractivity contribution is 7.13. The van der Waals surface area contributed by atoms with Gasteiger partial charge in [-0.15, -0.1) is 11.3 Å². The summed E-state index contributed by atoms with van der Waals surface area (Å²) in [6.07, 6.45) is 0. The summed E-state index contributed by atoms with van der Waals surface area (Å²) in [5, 5.41) is 12.1. The summed E-state index contributed by atoms with van der Waals surface area (Å²) < 4.78 is 0. The highest BCUT2D eigenvalue weighted by atomic mass is 32.1. The van der Waals surface area contributed by atoms with Gasteiger partial charge in [-0.25, -0.2) is 9.98 Å². The van der Waals surface area contributed by atoms with Crippen LogP contribution in [0, 0.1) is 0 Å². The molecule has 2 aromatic rings. The number of hydrogen-bond donors (Lipinski definition) is 3. The molecule has 1 amide bonds. The Hall–Kier alpha value is -2.41. The van der Waals surface area contributed by atoms with Gasteiger partial charge in [0.15, 0.2) is 5.96 Å². The average Bonchev–Trinajstić information content (AvgIpc) is 3.05. The molecule has 0 saturated heterocycles. The van der Waals surface area contributed by atoms with Gasteiger partial charge >= 0.3 is 0 Å². The largest absolute Gasteiger partial charge is 0.357 e. The smallest absolute Gasteiger partial charge is 0.239 e. The zero-order valence-electron chi connectivity index (χ0n) is 15.8. The molecule has 7 heteroatoms. The third-order valence-electron chi connectivity index (χ3n) is 3.25. The maximum Gasteiger partial charge on any atom is 0.239 e. The Morgan fingerprint density at radius 3 is 2.58 bits per heavy atom. The lowest BCUT2D eigenvalue weighted by Gasteiger charge is -2.21. The number of guanidine groups is 1. The Labute approximate surface area is 159 Å². The lowest BCUT2D eigenvalue weighted by atomic mass is 10.1. The van der Waals surface area contributed by atoms with E-state index in [1.165, 1.54) is 0 Å². The number of nitrogens with one attached hydrogen (secondary N) is 3. The second-order valence-corrected chi connectivity index (χ2v) is 7.72. The number of thiazole rings is 1. The molecule has 0 atom stereocenters. The van der Waals surface area contributed by atoms with Gasteiger partial charge < -0.3 is 16.0 Å². The molecule has 140 valence electrons. The van der Waals surface area contributed by atoms with E-state index in [1.54, 1.807) is 11.3 Å². The molecule has 0 fully saturated rings. The van der Waals surface area contributed by atoms with Gasteiger partial charge in [0.2, 0.25) is 5.91 Å². The van der Waals surface area contributed by atoms with Crippen LogP contribution in [0.4, 0.5) is 0 Å². The third kappa shape index (κ3) is 6.84. The van der Waals surface area contributed by atoms with Crippen LogP contribution in [0.3, 0.4) is 0 Å². The second kappa shape index (κ2) is 9.33. The minimum atomic E-state index is -0.247. The number of rotatable bonds is 6. The van der Waals surface area contributed by atoms with Crippen LogP contribution >= 0.6 is 11.3 Å². The van der Waals surface area contributed by atoms with Gasteiger partial charge in [0, 0.05) is 23.0 Å². The summed E-state index contributed by atoms with van der Waals surface area (Å²) in [7, 11) is 0. The van der Waals surface area contributed by atoms with Crippen LogP contribution in [0.25, 0.3) is 10.6 Å². The molecule has 6 nitrogen and oxygen atoms in total. The maximum atomic E-state index is 11.9. The van der Waals surface area contributed by atoms with Gasteiger partial charge in [-0.3, -0.25) is 4.79 Å². The first kappa shape index (κ1) is 19.9. The van der Waals surface area contributed by atoms with E-state index in [0.29, 0.717) is 12.5 Å². The van der Waals surface area contributed by atoms with E-state index in [1.807, 2.05) is 63.4 Å². The van der Waals surface area contributed by atoms with Crippen molar-refractivity contribution >= 4 is 23.2 Å². The fraction of sp³-hybridized carbons (Fsp3) is 0.421. The summed E-state index contributed by atoms with van der Waals surface area (Å²) in [6.45, 7) is 9.21. The van der Waals surface area contributed by atoms with Gasteiger partial charge in [-0.2, -0.15) is 0 Å². The first-order valence-corrected chi connectivity index (χ1v) is 9.58. The van der Waals surface area contributed by atoms with Gasteiger partial charge in [-0.05, 0) is 27.7 Å². The standard InChI is InChI=1S/C19H27N5OS/c1-5-20-18(22-12-16(25)24-19(2,3)4)21-11-15-13-26-17(23-15)14-9-7-6-8-10-14/h6-10,13H,5,11-12H2,1-4H3,(H,24,25)(H2,20,21,22). The number of aliphatic imine (C=N–C) groups is 1. The number of hydrogen-bond acceptors (Lipinski definition) is 4. The van der Waals surface area contributed by atoms with Crippen molar-refractivity contribution in [3.63, 3.8) is 0 Å². The summed E-state index contributed by atoms with van der Waals surface area (Å²) in [6, 6.07) is 10.1. The van der Waals surface area contributed by atoms with E-state index < -0.39 is 0 Å². The summed E-state index contributed by atoms with van der Waals surface area (Å²) in [4.78, 5) is 21.1. The van der Waals surface area contributed by atoms with Crippen LogP contribution < -0.4 is 16.0 Å². The molecule has 0 spiro atoms. The minimum absolute atomic E-state index is 0.0666. The molecule has 0 aliphatic carbocycles. The average molecular weight is 374 g/mol. The Balaban J connectivity index is 1.94. The Bertz CT molecular complexity index is 734. The van der Waals surface area contributed by atoms with E-state index in [-0.39, 0.29) is 18.0 Å².